The Morgan fingerprint density at radius 1 is 1.15 bits per heavy atom. The molecule has 1 saturated heterocycles. The monoisotopic (exact) mass is 275 g/mol. The fourth-order valence-corrected chi connectivity index (χ4v) is 3.76. The summed E-state index contributed by atoms with van der Waals surface area (Å²) in [4.78, 5) is 2.58. The molecule has 3 rings (SSSR count). The number of nitriles is 1. The van der Waals surface area contributed by atoms with Crippen LogP contribution in [0.15, 0.2) is 0 Å². The normalized spacial score (nSPS) is 31.3. The van der Waals surface area contributed by atoms with E-state index in [2.05, 4.69) is 23.2 Å². The molecule has 3 fully saturated rings. The van der Waals surface area contributed by atoms with E-state index in [4.69, 9.17) is 0 Å². The number of nitrogens with zero attached hydrogens (tertiary/aromatic N) is 2. The lowest BCUT2D eigenvalue weighted by molar-refractivity contribution is 0.197. The van der Waals surface area contributed by atoms with Gasteiger partial charge in [-0.2, -0.15) is 5.26 Å². The molecule has 20 heavy (non-hydrogen) atoms. The molecule has 0 bridgehead atoms. The van der Waals surface area contributed by atoms with E-state index >= 15 is 0 Å². The minimum Gasteiger partial charge on any atom is -0.300 e. The van der Waals surface area contributed by atoms with E-state index in [1.807, 2.05) is 0 Å². The highest BCUT2D eigenvalue weighted by Crippen LogP contribution is 2.42. The molecule has 0 aromatic heterocycles. The zero-order valence-electron chi connectivity index (χ0n) is 12.9. The molecule has 1 N–H and O–H groups in total. The second-order valence-electron chi connectivity index (χ2n) is 7.26. The fraction of sp³-hybridized carbons (Fsp3) is 0.941. The summed E-state index contributed by atoms with van der Waals surface area (Å²) in [6, 6.07) is 3.32. The van der Waals surface area contributed by atoms with E-state index in [9.17, 15) is 5.26 Å². The average molecular weight is 275 g/mol. The molecule has 3 nitrogen and oxygen atoms in total. The van der Waals surface area contributed by atoms with Gasteiger partial charge in [0.1, 0.15) is 5.54 Å². The number of likely N-dealkylation sites (tertiary alicyclic amines) is 1. The molecule has 2 atom stereocenters. The van der Waals surface area contributed by atoms with Gasteiger partial charge in [0, 0.05) is 12.6 Å². The van der Waals surface area contributed by atoms with Crippen LogP contribution in [0.3, 0.4) is 0 Å². The van der Waals surface area contributed by atoms with Gasteiger partial charge in [-0.3, -0.25) is 5.32 Å². The Bertz CT molecular complexity index is 367. The highest BCUT2D eigenvalue weighted by molar-refractivity contribution is 5.18. The second-order valence-corrected chi connectivity index (χ2v) is 7.26. The standard InChI is InChI=1S/C17H29N3/c1-2-14-4-3-10-20(11-9-14)13-17(12-18,15-5-6-15)19-16-7-8-16/h14-16,19H,2-11,13H2,1H3. The third kappa shape index (κ3) is 3.35. The van der Waals surface area contributed by atoms with Gasteiger partial charge < -0.3 is 4.90 Å². The Morgan fingerprint density at radius 3 is 2.55 bits per heavy atom. The molecule has 0 aromatic rings. The minimum atomic E-state index is -0.243. The van der Waals surface area contributed by atoms with Gasteiger partial charge in [-0.05, 0) is 69.9 Å². The molecule has 0 aromatic carbocycles. The topological polar surface area (TPSA) is 39.1 Å². The van der Waals surface area contributed by atoms with Crippen molar-refractivity contribution in [1.82, 2.24) is 10.2 Å². The van der Waals surface area contributed by atoms with Crippen LogP contribution in [0.25, 0.3) is 0 Å². The van der Waals surface area contributed by atoms with Gasteiger partial charge >= 0.3 is 0 Å². The summed E-state index contributed by atoms with van der Waals surface area (Å²) in [5.74, 6) is 1.52. The van der Waals surface area contributed by atoms with Crippen LogP contribution < -0.4 is 5.32 Å². The van der Waals surface area contributed by atoms with Gasteiger partial charge in [0.05, 0.1) is 6.07 Å². The van der Waals surface area contributed by atoms with Crippen molar-refractivity contribution in [2.24, 2.45) is 11.8 Å². The Hall–Kier alpha value is -0.590. The van der Waals surface area contributed by atoms with Crippen molar-refractivity contribution < 1.29 is 0 Å². The lowest BCUT2D eigenvalue weighted by atomic mass is 9.93. The van der Waals surface area contributed by atoms with Gasteiger partial charge in [0.25, 0.3) is 0 Å². The Kier molecular flexibility index (Phi) is 4.33. The molecule has 112 valence electrons. The zero-order valence-corrected chi connectivity index (χ0v) is 12.9. The summed E-state index contributed by atoms with van der Waals surface area (Å²) >= 11 is 0. The molecule has 1 aliphatic heterocycles. The van der Waals surface area contributed by atoms with Crippen LogP contribution in [0.4, 0.5) is 0 Å². The highest BCUT2D eigenvalue weighted by atomic mass is 15.2. The Balaban J connectivity index is 1.62. The van der Waals surface area contributed by atoms with Crippen LogP contribution in [0.2, 0.25) is 0 Å². The molecule has 0 spiro atoms. The molecular weight excluding hydrogens is 246 g/mol. The molecule has 1 heterocycles. The first-order valence-corrected chi connectivity index (χ1v) is 8.67. The first kappa shape index (κ1) is 14.4. The van der Waals surface area contributed by atoms with Gasteiger partial charge in [-0.15, -0.1) is 0 Å². The van der Waals surface area contributed by atoms with E-state index in [0.29, 0.717) is 12.0 Å². The van der Waals surface area contributed by atoms with Crippen LogP contribution in [-0.2, 0) is 0 Å². The minimum absolute atomic E-state index is 0.243. The first-order chi connectivity index (χ1) is 9.75. The molecular formula is C17H29N3. The maximum atomic E-state index is 9.82. The molecule has 0 radical (unpaired) electrons. The van der Waals surface area contributed by atoms with E-state index in [1.165, 1.54) is 64.5 Å². The van der Waals surface area contributed by atoms with Crippen LogP contribution in [0, 0.1) is 23.2 Å². The van der Waals surface area contributed by atoms with Gasteiger partial charge in [0.2, 0.25) is 0 Å². The quantitative estimate of drug-likeness (QED) is 0.810. The van der Waals surface area contributed by atoms with Crippen molar-refractivity contribution in [3.63, 3.8) is 0 Å². The predicted octanol–water partition coefficient (Wildman–Crippen LogP) is 2.92. The summed E-state index contributed by atoms with van der Waals surface area (Å²) in [6.45, 7) is 5.67. The maximum Gasteiger partial charge on any atom is 0.122 e. The number of hydrogen-bond donors (Lipinski definition) is 1. The molecule has 2 saturated carbocycles. The molecule has 0 amide bonds. The second kappa shape index (κ2) is 6.03. The van der Waals surface area contributed by atoms with Crippen LogP contribution >= 0.6 is 0 Å². The lowest BCUT2D eigenvalue weighted by Gasteiger charge is -2.34. The Labute approximate surface area is 123 Å². The number of rotatable bonds is 6. The fourth-order valence-electron chi connectivity index (χ4n) is 3.76. The first-order valence-electron chi connectivity index (χ1n) is 8.67. The zero-order chi connectivity index (χ0) is 14.0. The largest absolute Gasteiger partial charge is 0.300 e. The number of nitrogens with one attached hydrogen (secondary N) is 1. The van der Waals surface area contributed by atoms with Crippen molar-refractivity contribution in [2.45, 2.75) is 69.9 Å². The summed E-state index contributed by atoms with van der Waals surface area (Å²) in [5.41, 5.74) is -0.243. The van der Waals surface area contributed by atoms with Crippen molar-refractivity contribution >= 4 is 0 Å². The number of hydrogen-bond acceptors (Lipinski definition) is 3. The summed E-state index contributed by atoms with van der Waals surface area (Å²) < 4.78 is 0. The summed E-state index contributed by atoms with van der Waals surface area (Å²) in [7, 11) is 0. The molecule has 3 aliphatic rings. The van der Waals surface area contributed by atoms with E-state index in [1.54, 1.807) is 0 Å². The Morgan fingerprint density at radius 2 is 1.95 bits per heavy atom. The van der Waals surface area contributed by atoms with E-state index < -0.39 is 0 Å². The van der Waals surface area contributed by atoms with Gasteiger partial charge in [0.15, 0.2) is 0 Å². The maximum absolute atomic E-state index is 9.82. The smallest absolute Gasteiger partial charge is 0.122 e. The van der Waals surface area contributed by atoms with Gasteiger partial charge in [-0.1, -0.05) is 13.3 Å². The third-order valence-electron chi connectivity index (χ3n) is 5.50. The van der Waals surface area contributed by atoms with Gasteiger partial charge in [-0.25, -0.2) is 0 Å². The SMILES string of the molecule is CCC1CCCN(CC(C#N)(NC2CC2)C2CC2)CC1. The van der Waals surface area contributed by atoms with Crippen molar-refractivity contribution in [2.75, 3.05) is 19.6 Å². The van der Waals surface area contributed by atoms with Crippen molar-refractivity contribution in [3.05, 3.63) is 0 Å². The van der Waals surface area contributed by atoms with Crippen LogP contribution in [0.1, 0.15) is 58.3 Å². The average Bonchev–Trinajstić information content (AvgIpc) is 3.31. The lowest BCUT2D eigenvalue weighted by Crippen LogP contribution is -2.55. The predicted molar refractivity (Wildman–Crippen MR) is 81.3 cm³/mol. The molecule has 3 heteroatoms. The summed E-state index contributed by atoms with van der Waals surface area (Å²) in [6.07, 6.45) is 10.4. The molecule has 2 aliphatic carbocycles. The summed E-state index contributed by atoms with van der Waals surface area (Å²) in [5, 5.41) is 13.5. The molecule has 2 unspecified atom stereocenters. The van der Waals surface area contributed by atoms with Crippen molar-refractivity contribution in [1.29, 1.82) is 5.26 Å². The highest BCUT2D eigenvalue weighted by Gasteiger charge is 2.49. The van der Waals surface area contributed by atoms with Crippen LogP contribution in [-0.4, -0.2) is 36.1 Å². The van der Waals surface area contributed by atoms with Crippen LogP contribution in [0.5, 0.6) is 0 Å². The van der Waals surface area contributed by atoms with E-state index in [-0.39, 0.29) is 5.54 Å². The van der Waals surface area contributed by atoms with Crippen molar-refractivity contribution in [3.8, 4) is 6.07 Å². The third-order valence-corrected chi connectivity index (χ3v) is 5.50. The van der Waals surface area contributed by atoms with E-state index in [0.717, 1.165) is 12.5 Å².